The molecule has 0 fully saturated rings. The van der Waals surface area contributed by atoms with Gasteiger partial charge in [0.25, 0.3) is 0 Å². The minimum absolute atomic E-state index is 0.107. The summed E-state index contributed by atoms with van der Waals surface area (Å²) in [5.41, 5.74) is 3.80. The van der Waals surface area contributed by atoms with E-state index in [1.807, 2.05) is 42.5 Å². The Labute approximate surface area is 216 Å². The summed E-state index contributed by atoms with van der Waals surface area (Å²) in [6.45, 7) is 6.45. The lowest BCUT2D eigenvalue weighted by atomic mass is 9.52. The highest BCUT2D eigenvalue weighted by molar-refractivity contribution is 5.97. The number of hydrogen-bond acceptors (Lipinski definition) is 4. The van der Waals surface area contributed by atoms with Crippen LogP contribution in [0.3, 0.4) is 0 Å². The zero-order valence-corrected chi connectivity index (χ0v) is 21.5. The molecular weight excluding hydrogens is 461 g/mol. The molecule has 0 spiro atoms. The number of benzene rings is 2. The number of hydrogen-bond donors (Lipinski definition) is 0. The number of aromatic nitrogens is 3. The number of rotatable bonds is 4. The molecule has 0 radical (unpaired) electrons. The zero-order valence-electron chi connectivity index (χ0n) is 21.5. The molecule has 2 aliphatic carbocycles. The summed E-state index contributed by atoms with van der Waals surface area (Å²) in [4.78, 5) is 28.0. The summed E-state index contributed by atoms with van der Waals surface area (Å²) in [5, 5.41) is 0.951. The summed E-state index contributed by atoms with van der Waals surface area (Å²) < 4.78 is 15.2. The van der Waals surface area contributed by atoms with Crippen molar-refractivity contribution in [3.63, 3.8) is 0 Å². The van der Waals surface area contributed by atoms with Crippen LogP contribution in [0.2, 0.25) is 0 Å². The molecule has 0 amide bonds. The van der Waals surface area contributed by atoms with Gasteiger partial charge in [-0.15, -0.1) is 0 Å². The Morgan fingerprint density at radius 3 is 2.59 bits per heavy atom. The number of carbonyl (C=O) groups excluding carboxylic acids is 1. The molecule has 5 heteroatoms. The average molecular weight is 492 g/mol. The summed E-state index contributed by atoms with van der Waals surface area (Å²) in [7, 11) is 0. The molecule has 37 heavy (non-hydrogen) atoms. The number of fused-ring (bicyclic) bond motifs is 4. The Morgan fingerprint density at radius 2 is 1.78 bits per heavy atom. The van der Waals surface area contributed by atoms with Crippen molar-refractivity contribution >= 4 is 16.7 Å². The van der Waals surface area contributed by atoms with Crippen molar-refractivity contribution in [1.29, 1.82) is 0 Å². The van der Waals surface area contributed by atoms with E-state index in [1.165, 1.54) is 6.07 Å². The quantitative estimate of drug-likeness (QED) is 0.301. The van der Waals surface area contributed by atoms with Gasteiger partial charge in [-0.25, -0.2) is 14.4 Å². The molecule has 0 saturated carbocycles. The first-order chi connectivity index (χ1) is 17.9. The third kappa shape index (κ3) is 3.55. The van der Waals surface area contributed by atoms with Crippen LogP contribution in [0.25, 0.3) is 33.5 Å². The fraction of sp³-hybridized carbons (Fsp3) is 0.312. The van der Waals surface area contributed by atoms with Gasteiger partial charge in [-0.2, -0.15) is 0 Å². The highest BCUT2D eigenvalue weighted by Gasteiger charge is 2.54. The molecule has 2 aromatic heterocycles. The van der Waals surface area contributed by atoms with E-state index in [-0.39, 0.29) is 17.5 Å². The van der Waals surface area contributed by atoms with E-state index in [9.17, 15) is 4.79 Å². The maximum absolute atomic E-state index is 15.2. The van der Waals surface area contributed by atoms with Gasteiger partial charge >= 0.3 is 0 Å². The molecule has 2 aliphatic rings. The molecule has 4 aromatic rings. The van der Waals surface area contributed by atoms with E-state index >= 15 is 4.39 Å². The van der Waals surface area contributed by atoms with Crippen LogP contribution in [0.5, 0.6) is 0 Å². The van der Waals surface area contributed by atoms with Crippen molar-refractivity contribution in [2.24, 2.45) is 11.3 Å². The molecule has 0 bridgehead atoms. The van der Waals surface area contributed by atoms with Crippen molar-refractivity contribution in [2.75, 3.05) is 0 Å². The fourth-order valence-corrected chi connectivity index (χ4v) is 6.81. The largest absolute Gasteiger partial charge is 0.294 e. The summed E-state index contributed by atoms with van der Waals surface area (Å²) >= 11 is 0. The molecule has 0 N–H and O–H groups in total. The molecule has 0 aliphatic heterocycles. The van der Waals surface area contributed by atoms with Crippen molar-refractivity contribution in [3.05, 3.63) is 90.0 Å². The predicted molar refractivity (Wildman–Crippen MR) is 144 cm³/mol. The molecule has 2 aromatic carbocycles. The minimum atomic E-state index is -0.466. The molecule has 0 saturated heterocycles. The average Bonchev–Trinajstić information content (AvgIpc) is 2.91. The van der Waals surface area contributed by atoms with Gasteiger partial charge < -0.3 is 0 Å². The molecular formula is C32H30FN3O. The third-order valence-corrected chi connectivity index (χ3v) is 8.63. The number of allylic oxidation sites excluding steroid dienone is 2. The number of nitrogens with zero attached hydrogens (tertiary/aromatic N) is 3. The lowest BCUT2D eigenvalue weighted by Crippen LogP contribution is -2.51. The lowest BCUT2D eigenvalue weighted by molar-refractivity contribution is -0.129. The summed E-state index contributed by atoms with van der Waals surface area (Å²) in [5.74, 6) is 0.561. The first-order valence-electron chi connectivity index (χ1n) is 13.1. The van der Waals surface area contributed by atoms with E-state index in [2.05, 4.69) is 25.8 Å². The molecule has 3 atom stereocenters. The van der Waals surface area contributed by atoms with Gasteiger partial charge in [0, 0.05) is 39.1 Å². The maximum Gasteiger partial charge on any atom is 0.161 e. The molecule has 2 heterocycles. The monoisotopic (exact) mass is 491 g/mol. The number of para-hydroxylation sites is 1. The summed E-state index contributed by atoms with van der Waals surface area (Å²) in [6.07, 6.45) is 8.88. The number of ketones is 1. The van der Waals surface area contributed by atoms with Crippen LogP contribution in [-0.4, -0.2) is 20.7 Å². The highest BCUT2D eigenvalue weighted by Crippen LogP contribution is 2.55. The second kappa shape index (κ2) is 8.69. The van der Waals surface area contributed by atoms with Crippen molar-refractivity contribution < 1.29 is 9.18 Å². The highest BCUT2D eigenvalue weighted by atomic mass is 19.1. The first-order valence-corrected chi connectivity index (χ1v) is 13.1. The van der Waals surface area contributed by atoms with Crippen LogP contribution in [0.1, 0.15) is 51.3 Å². The molecule has 6 rings (SSSR count). The lowest BCUT2D eigenvalue weighted by Gasteiger charge is -2.51. The number of halogens is 1. The van der Waals surface area contributed by atoms with Crippen molar-refractivity contribution in [2.45, 2.75) is 51.9 Å². The molecule has 186 valence electrons. The van der Waals surface area contributed by atoms with Gasteiger partial charge in [-0.1, -0.05) is 63.6 Å². The number of pyridine rings is 1. The van der Waals surface area contributed by atoms with Gasteiger partial charge in [0.05, 0.1) is 16.9 Å². The standard InChI is InChI=1S/C32H30FN3O/c1-4-17-31(2)26-14-13-23-28(22-10-5-7-11-24(22)33)35-30(36-29(23)32(26,3)18-15-27(31)37)21-16-19-34-25-12-8-6-9-20(21)25/h5-12,15-16,18-19,26H,4,13-14,17H2,1-3H3/t26-,31-,32-/m1/s1. The van der Waals surface area contributed by atoms with E-state index in [4.69, 9.17) is 9.97 Å². The second-order valence-corrected chi connectivity index (χ2v) is 10.8. The first kappa shape index (κ1) is 23.7. The van der Waals surface area contributed by atoms with Gasteiger partial charge in [0.2, 0.25) is 0 Å². The smallest absolute Gasteiger partial charge is 0.161 e. The SMILES string of the molecule is CCC[C@@]1(C)C(=O)C=C[C@@]2(C)c3nc(-c4ccnc5ccccc45)nc(-c4ccccc4F)c3CC[C@H]12. The van der Waals surface area contributed by atoms with E-state index in [0.29, 0.717) is 23.5 Å². The Hall–Kier alpha value is -3.73. The summed E-state index contributed by atoms with van der Waals surface area (Å²) in [6, 6.07) is 16.7. The van der Waals surface area contributed by atoms with Crippen LogP contribution < -0.4 is 0 Å². The Morgan fingerprint density at radius 1 is 1.00 bits per heavy atom. The van der Waals surface area contributed by atoms with Gasteiger partial charge in [-0.3, -0.25) is 9.78 Å². The normalized spacial score (nSPS) is 24.6. The van der Waals surface area contributed by atoms with Crippen molar-refractivity contribution in [3.8, 4) is 22.6 Å². The van der Waals surface area contributed by atoms with E-state index in [1.54, 1.807) is 24.4 Å². The fourth-order valence-electron chi connectivity index (χ4n) is 6.81. The third-order valence-electron chi connectivity index (χ3n) is 8.63. The van der Waals surface area contributed by atoms with Crippen LogP contribution in [-0.2, 0) is 16.6 Å². The van der Waals surface area contributed by atoms with Crippen LogP contribution in [0, 0.1) is 17.2 Å². The maximum atomic E-state index is 15.2. The Kier molecular flexibility index (Phi) is 5.55. The Bertz CT molecular complexity index is 1570. The number of carbonyl (C=O) groups is 1. The zero-order chi connectivity index (χ0) is 25.8. The van der Waals surface area contributed by atoms with E-state index < -0.39 is 10.8 Å². The minimum Gasteiger partial charge on any atom is -0.294 e. The van der Waals surface area contributed by atoms with E-state index in [0.717, 1.165) is 47.0 Å². The van der Waals surface area contributed by atoms with Crippen molar-refractivity contribution in [1.82, 2.24) is 15.0 Å². The Balaban J connectivity index is 1.66. The topological polar surface area (TPSA) is 55.7 Å². The van der Waals surface area contributed by atoms with Gasteiger partial charge in [0.1, 0.15) is 5.82 Å². The molecule has 0 unspecified atom stereocenters. The van der Waals surface area contributed by atoms with Crippen LogP contribution in [0.4, 0.5) is 4.39 Å². The second-order valence-electron chi connectivity index (χ2n) is 10.8. The van der Waals surface area contributed by atoms with Gasteiger partial charge in [-0.05, 0) is 55.5 Å². The molecule has 4 nitrogen and oxygen atoms in total. The predicted octanol–water partition coefficient (Wildman–Crippen LogP) is 7.26. The van der Waals surface area contributed by atoms with Crippen LogP contribution in [0.15, 0.2) is 72.9 Å². The van der Waals surface area contributed by atoms with Gasteiger partial charge in [0.15, 0.2) is 11.6 Å². The van der Waals surface area contributed by atoms with Crippen LogP contribution >= 0.6 is 0 Å².